The highest BCUT2D eigenvalue weighted by atomic mass is 15.2. The maximum Gasteiger partial charge on any atom is 0.0782 e. The lowest BCUT2D eigenvalue weighted by Crippen LogP contribution is -2.12. The molecule has 1 heterocycles. The lowest BCUT2D eigenvalue weighted by atomic mass is 9.85. The van der Waals surface area contributed by atoms with Gasteiger partial charge in [0.25, 0.3) is 0 Å². The van der Waals surface area contributed by atoms with E-state index < -0.39 is 0 Å². The Morgan fingerprint density at radius 2 is 0.803 bits per heavy atom. The fourth-order valence-corrected chi connectivity index (χ4v) is 10.5. The van der Waals surface area contributed by atoms with Crippen molar-refractivity contribution in [2.75, 3.05) is 4.90 Å². The summed E-state index contributed by atoms with van der Waals surface area (Å²) >= 11 is 0. The molecule has 13 aromatic rings. The molecule has 66 heavy (non-hydrogen) atoms. The van der Waals surface area contributed by atoms with E-state index in [9.17, 15) is 0 Å². The van der Waals surface area contributed by atoms with Crippen LogP contribution in [0.4, 0.5) is 17.1 Å². The van der Waals surface area contributed by atoms with Crippen molar-refractivity contribution >= 4 is 82.0 Å². The zero-order valence-corrected chi connectivity index (χ0v) is 36.1. The van der Waals surface area contributed by atoms with Gasteiger partial charge >= 0.3 is 0 Å². The standard InChI is InChI=1S/C64H42N2/c1-3-18-46(19-4-1)62-57-26-12-11-24-54(57)55-39-38-53(42-59(55)63(62)47-20-5-2-6-21-47)65(51-35-32-45(33-36-51)50-31-30-43-16-7-9-22-48(43)40-50)61-29-15-27-58-56-25-13-14-28-60(56)66(64(58)61)52-37-34-44-17-8-10-23-49(44)41-52/h1-42H. The van der Waals surface area contributed by atoms with Gasteiger partial charge in [-0.1, -0.05) is 200 Å². The second-order valence-corrected chi connectivity index (χ2v) is 17.3. The van der Waals surface area contributed by atoms with Crippen molar-refractivity contribution in [3.8, 4) is 39.1 Å². The van der Waals surface area contributed by atoms with Crippen molar-refractivity contribution < 1.29 is 0 Å². The summed E-state index contributed by atoms with van der Waals surface area (Å²) in [5, 5.41) is 12.3. The first-order chi connectivity index (χ1) is 32.7. The molecule has 0 unspecified atom stereocenters. The van der Waals surface area contributed by atoms with Gasteiger partial charge in [-0.15, -0.1) is 0 Å². The van der Waals surface area contributed by atoms with Gasteiger partial charge in [-0.2, -0.15) is 0 Å². The smallest absolute Gasteiger partial charge is 0.0782 e. The number of hydrogen-bond acceptors (Lipinski definition) is 1. The van der Waals surface area contributed by atoms with Gasteiger partial charge < -0.3 is 9.47 Å². The van der Waals surface area contributed by atoms with Gasteiger partial charge in [0.2, 0.25) is 0 Å². The van der Waals surface area contributed by atoms with Gasteiger partial charge in [0, 0.05) is 27.8 Å². The van der Waals surface area contributed by atoms with E-state index in [0.717, 1.165) is 28.3 Å². The molecule has 0 aliphatic heterocycles. The lowest BCUT2D eigenvalue weighted by molar-refractivity contribution is 1.17. The van der Waals surface area contributed by atoms with Crippen LogP contribution in [0.1, 0.15) is 0 Å². The van der Waals surface area contributed by atoms with Crippen LogP contribution in [0.3, 0.4) is 0 Å². The molecule has 0 saturated heterocycles. The molecule has 13 rings (SSSR count). The van der Waals surface area contributed by atoms with Gasteiger partial charge in [-0.05, 0) is 131 Å². The first-order valence-corrected chi connectivity index (χ1v) is 22.8. The number of nitrogens with zero attached hydrogens (tertiary/aromatic N) is 2. The van der Waals surface area contributed by atoms with Crippen molar-refractivity contribution in [1.29, 1.82) is 0 Å². The SMILES string of the molecule is c1ccc(-c2c(-c3ccccc3)c3cc(N(c4ccc(-c5ccc6ccccc6c5)cc4)c4cccc5c6ccccc6n(-c6ccc7ccccc7c6)c45)ccc3c3ccccc23)cc1. The van der Waals surface area contributed by atoms with E-state index in [4.69, 9.17) is 0 Å². The van der Waals surface area contributed by atoms with E-state index in [0.29, 0.717) is 0 Å². The Labute approximate surface area is 383 Å². The first-order valence-electron chi connectivity index (χ1n) is 22.8. The summed E-state index contributed by atoms with van der Waals surface area (Å²) < 4.78 is 2.47. The number of rotatable bonds is 7. The van der Waals surface area contributed by atoms with Crippen molar-refractivity contribution in [3.05, 3.63) is 255 Å². The molecule has 2 nitrogen and oxygen atoms in total. The molecular weight excluding hydrogens is 797 g/mol. The third-order valence-electron chi connectivity index (χ3n) is 13.5. The molecule has 0 radical (unpaired) electrons. The number of anilines is 3. The average Bonchev–Trinajstić information content (AvgIpc) is 3.74. The van der Waals surface area contributed by atoms with Gasteiger partial charge in [-0.3, -0.25) is 0 Å². The average molecular weight is 839 g/mol. The Morgan fingerprint density at radius 3 is 1.53 bits per heavy atom. The van der Waals surface area contributed by atoms with Crippen LogP contribution >= 0.6 is 0 Å². The number of benzene rings is 12. The fourth-order valence-electron chi connectivity index (χ4n) is 10.5. The number of fused-ring (bicyclic) bond motifs is 8. The number of hydrogen-bond donors (Lipinski definition) is 0. The molecule has 1 aromatic heterocycles. The molecule has 0 saturated carbocycles. The van der Waals surface area contributed by atoms with Crippen LogP contribution in [0.15, 0.2) is 255 Å². The van der Waals surface area contributed by atoms with Crippen molar-refractivity contribution in [2.45, 2.75) is 0 Å². The van der Waals surface area contributed by atoms with Gasteiger partial charge in [0.1, 0.15) is 0 Å². The molecule has 0 N–H and O–H groups in total. The van der Waals surface area contributed by atoms with E-state index in [-0.39, 0.29) is 0 Å². The first kappa shape index (κ1) is 37.8. The van der Waals surface area contributed by atoms with Gasteiger partial charge in [-0.25, -0.2) is 0 Å². The summed E-state index contributed by atoms with van der Waals surface area (Å²) in [5.41, 5.74) is 13.9. The minimum Gasteiger partial charge on any atom is -0.308 e. The van der Waals surface area contributed by atoms with E-state index in [1.165, 1.54) is 92.8 Å². The van der Waals surface area contributed by atoms with E-state index in [1.54, 1.807) is 0 Å². The minimum atomic E-state index is 1.08. The highest BCUT2D eigenvalue weighted by molar-refractivity contribution is 6.22. The second kappa shape index (κ2) is 15.5. The zero-order chi connectivity index (χ0) is 43.6. The van der Waals surface area contributed by atoms with Crippen LogP contribution in [-0.2, 0) is 0 Å². The summed E-state index contributed by atoms with van der Waals surface area (Å²) in [4.78, 5) is 2.48. The van der Waals surface area contributed by atoms with Crippen LogP contribution in [0.25, 0.3) is 104 Å². The number of para-hydroxylation sites is 2. The molecule has 0 aliphatic carbocycles. The van der Waals surface area contributed by atoms with E-state index >= 15 is 0 Å². The summed E-state index contributed by atoms with van der Waals surface area (Å²) in [7, 11) is 0. The topological polar surface area (TPSA) is 8.17 Å². The predicted molar refractivity (Wildman–Crippen MR) is 282 cm³/mol. The third kappa shape index (κ3) is 6.18. The molecular formula is C64H42N2. The van der Waals surface area contributed by atoms with Gasteiger partial charge in [0.05, 0.1) is 16.7 Å². The van der Waals surface area contributed by atoms with Crippen LogP contribution in [0, 0.1) is 0 Å². The van der Waals surface area contributed by atoms with E-state index in [2.05, 4.69) is 264 Å². The number of aromatic nitrogens is 1. The Bertz CT molecular complexity index is 3980. The van der Waals surface area contributed by atoms with Crippen molar-refractivity contribution in [1.82, 2.24) is 4.57 Å². The Balaban J connectivity index is 1.11. The second-order valence-electron chi connectivity index (χ2n) is 17.3. The van der Waals surface area contributed by atoms with Crippen LogP contribution < -0.4 is 4.90 Å². The summed E-state index contributed by atoms with van der Waals surface area (Å²) in [5.74, 6) is 0. The van der Waals surface area contributed by atoms with E-state index in [1.807, 2.05) is 0 Å². The zero-order valence-electron chi connectivity index (χ0n) is 36.1. The van der Waals surface area contributed by atoms with Crippen LogP contribution in [-0.4, -0.2) is 4.57 Å². The predicted octanol–water partition coefficient (Wildman–Crippen LogP) is 17.9. The van der Waals surface area contributed by atoms with Gasteiger partial charge in [0.15, 0.2) is 0 Å². The molecule has 0 fully saturated rings. The summed E-state index contributed by atoms with van der Waals surface area (Å²) in [6.45, 7) is 0. The van der Waals surface area contributed by atoms with Crippen LogP contribution in [0.2, 0.25) is 0 Å². The van der Waals surface area contributed by atoms with Crippen molar-refractivity contribution in [3.63, 3.8) is 0 Å². The fraction of sp³-hybridized carbons (Fsp3) is 0. The largest absolute Gasteiger partial charge is 0.308 e. The third-order valence-corrected chi connectivity index (χ3v) is 13.5. The molecule has 0 spiro atoms. The Hall–Kier alpha value is -8.72. The molecule has 0 bridgehead atoms. The van der Waals surface area contributed by atoms with Crippen molar-refractivity contribution in [2.24, 2.45) is 0 Å². The maximum atomic E-state index is 2.48. The molecule has 0 amide bonds. The molecule has 308 valence electrons. The summed E-state index contributed by atoms with van der Waals surface area (Å²) in [6.07, 6.45) is 0. The molecule has 12 aromatic carbocycles. The quantitative estimate of drug-likeness (QED) is 0.145. The summed E-state index contributed by atoms with van der Waals surface area (Å²) in [6, 6.07) is 93.5. The lowest BCUT2D eigenvalue weighted by Gasteiger charge is -2.28. The molecule has 0 atom stereocenters. The molecule has 2 heteroatoms. The highest BCUT2D eigenvalue weighted by Gasteiger charge is 2.24. The highest BCUT2D eigenvalue weighted by Crippen LogP contribution is 2.49. The minimum absolute atomic E-state index is 1.08. The van der Waals surface area contributed by atoms with Crippen LogP contribution in [0.5, 0.6) is 0 Å². The Morgan fingerprint density at radius 1 is 0.273 bits per heavy atom. The Kier molecular flexibility index (Phi) is 8.89. The molecule has 0 aliphatic rings. The monoisotopic (exact) mass is 838 g/mol. The maximum absolute atomic E-state index is 2.48. The normalized spacial score (nSPS) is 11.6.